The van der Waals surface area contributed by atoms with Crippen molar-refractivity contribution in [3.63, 3.8) is 0 Å². The molecule has 0 radical (unpaired) electrons. The number of rotatable bonds is 8. The van der Waals surface area contributed by atoms with E-state index in [1.807, 2.05) is 56.3 Å². The number of esters is 1. The van der Waals surface area contributed by atoms with Gasteiger partial charge in [-0.3, -0.25) is 4.79 Å². The van der Waals surface area contributed by atoms with Crippen LogP contribution in [0.3, 0.4) is 0 Å². The molecule has 0 spiro atoms. The fourth-order valence-electron chi connectivity index (χ4n) is 4.81. The molecule has 1 aliphatic rings. The van der Waals surface area contributed by atoms with Crippen LogP contribution in [0, 0.1) is 13.8 Å². The third-order valence-corrected chi connectivity index (χ3v) is 7.20. The maximum Gasteiger partial charge on any atom is 0.343 e. The number of hydrogen-bond donors (Lipinski definition) is 0. The Kier molecular flexibility index (Phi) is 8.24. The largest absolute Gasteiger partial charge is 0.497 e. The van der Waals surface area contributed by atoms with Gasteiger partial charge in [0.05, 0.1) is 38.6 Å². The number of aryl methyl sites for hydroxylation is 2. The molecule has 5 rings (SSSR count). The summed E-state index contributed by atoms with van der Waals surface area (Å²) in [6.07, 6.45) is 0.370. The van der Waals surface area contributed by atoms with Crippen molar-refractivity contribution in [2.24, 2.45) is 5.10 Å². The van der Waals surface area contributed by atoms with E-state index in [9.17, 15) is 9.59 Å². The molecular weight excluding hydrogens is 532 g/mol. The van der Waals surface area contributed by atoms with Crippen molar-refractivity contribution in [3.8, 4) is 23.0 Å². The maximum atomic E-state index is 13.8. The first kappa shape index (κ1) is 28.4. The predicted octanol–water partition coefficient (Wildman–Crippen LogP) is 6.54. The number of benzene rings is 4. The van der Waals surface area contributed by atoms with Crippen LogP contribution in [0.1, 0.15) is 55.4 Å². The van der Waals surface area contributed by atoms with Gasteiger partial charge in [0.15, 0.2) is 11.5 Å². The molecule has 4 aromatic carbocycles. The van der Waals surface area contributed by atoms with E-state index in [1.165, 1.54) is 5.01 Å². The van der Waals surface area contributed by atoms with E-state index in [4.69, 9.17) is 24.0 Å². The van der Waals surface area contributed by atoms with Crippen LogP contribution in [-0.2, 0) is 0 Å². The lowest BCUT2D eigenvalue weighted by Crippen LogP contribution is -2.27. The number of carbonyl (C=O) groups is 2. The van der Waals surface area contributed by atoms with Crippen molar-refractivity contribution >= 4 is 17.6 Å². The zero-order valence-corrected chi connectivity index (χ0v) is 24.2. The predicted molar refractivity (Wildman–Crippen MR) is 160 cm³/mol. The molecule has 0 N–H and O–H groups in total. The number of amides is 1. The summed E-state index contributed by atoms with van der Waals surface area (Å²) in [5, 5.41) is 6.30. The molecular formula is C34H32N2O6. The fourth-order valence-corrected chi connectivity index (χ4v) is 4.81. The highest BCUT2D eigenvalue weighted by molar-refractivity contribution is 6.07. The lowest BCUT2D eigenvalue weighted by Gasteiger charge is -2.23. The van der Waals surface area contributed by atoms with Gasteiger partial charge in [-0.25, -0.2) is 9.80 Å². The SMILES string of the molecule is COc1ccc(C2=NN(C(=O)c3ccc(C)cc3)C(c3ccc(OC)c(OC)c3)C2)c(OC(=O)c2ccc(C)cc2)c1. The summed E-state index contributed by atoms with van der Waals surface area (Å²) >= 11 is 0. The number of nitrogens with zero attached hydrogens (tertiary/aromatic N) is 2. The third kappa shape index (κ3) is 5.83. The van der Waals surface area contributed by atoms with Crippen molar-refractivity contribution in [1.29, 1.82) is 0 Å². The Balaban J connectivity index is 1.56. The molecule has 214 valence electrons. The van der Waals surface area contributed by atoms with Gasteiger partial charge in [0.25, 0.3) is 5.91 Å². The molecule has 0 bridgehead atoms. The summed E-state index contributed by atoms with van der Waals surface area (Å²) in [5.74, 6) is 1.17. The van der Waals surface area contributed by atoms with Crippen LogP contribution in [-0.4, -0.2) is 43.9 Å². The maximum absolute atomic E-state index is 13.8. The topological polar surface area (TPSA) is 86.7 Å². The molecule has 1 amide bonds. The van der Waals surface area contributed by atoms with E-state index in [2.05, 4.69) is 0 Å². The van der Waals surface area contributed by atoms with E-state index in [0.717, 1.165) is 16.7 Å². The number of ether oxygens (including phenoxy) is 4. The molecule has 42 heavy (non-hydrogen) atoms. The normalized spacial score (nSPS) is 14.3. The number of carbonyl (C=O) groups excluding carboxylic acids is 2. The van der Waals surface area contributed by atoms with Crippen molar-refractivity contribution in [3.05, 3.63) is 118 Å². The van der Waals surface area contributed by atoms with Gasteiger partial charge in [-0.1, -0.05) is 41.5 Å². The van der Waals surface area contributed by atoms with E-state index in [1.54, 1.807) is 63.8 Å². The van der Waals surface area contributed by atoms with Crippen LogP contribution in [0.25, 0.3) is 0 Å². The second-order valence-corrected chi connectivity index (χ2v) is 10.0. The van der Waals surface area contributed by atoms with Gasteiger partial charge in [0.1, 0.15) is 11.5 Å². The molecule has 0 aliphatic carbocycles. The average Bonchev–Trinajstić information content (AvgIpc) is 3.46. The van der Waals surface area contributed by atoms with E-state index >= 15 is 0 Å². The molecule has 8 heteroatoms. The smallest absolute Gasteiger partial charge is 0.343 e. The first-order valence-electron chi connectivity index (χ1n) is 13.5. The zero-order valence-electron chi connectivity index (χ0n) is 24.2. The van der Waals surface area contributed by atoms with Crippen molar-refractivity contribution < 1.29 is 28.5 Å². The van der Waals surface area contributed by atoms with Crippen LogP contribution in [0.5, 0.6) is 23.0 Å². The van der Waals surface area contributed by atoms with Crippen molar-refractivity contribution in [2.75, 3.05) is 21.3 Å². The lowest BCUT2D eigenvalue weighted by atomic mass is 9.97. The molecule has 1 atom stereocenters. The van der Waals surface area contributed by atoms with E-state index in [-0.39, 0.29) is 11.7 Å². The molecule has 0 fully saturated rings. The third-order valence-electron chi connectivity index (χ3n) is 7.20. The monoisotopic (exact) mass is 564 g/mol. The van der Waals surface area contributed by atoms with Gasteiger partial charge >= 0.3 is 5.97 Å². The van der Waals surface area contributed by atoms with Crippen LogP contribution in [0.15, 0.2) is 90.0 Å². The number of methoxy groups -OCH3 is 3. The molecule has 1 unspecified atom stereocenters. The molecule has 1 aliphatic heterocycles. The highest BCUT2D eigenvalue weighted by Gasteiger charge is 2.35. The summed E-state index contributed by atoms with van der Waals surface area (Å²) in [6, 6.07) is 24.8. The van der Waals surface area contributed by atoms with Crippen LogP contribution in [0.2, 0.25) is 0 Å². The first-order chi connectivity index (χ1) is 20.3. The molecule has 4 aromatic rings. The molecule has 1 heterocycles. The molecule has 0 saturated heterocycles. The molecule has 0 saturated carbocycles. The Labute approximate surface area is 245 Å². The Morgan fingerprint density at radius 2 is 1.36 bits per heavy atom. The van der Waals surface area contributed by atoms with E-state index < -0.39 is 12.0 Å². The summed E-state index contributed by atoms with van der Waals surface area (Å²) in [5.41, 5.74) is 5.00. The van der Waals surface area contributed by atoms with Gasteiger partial charge in [-0.2, -0.15) is 5.10 Å². The Hall–Kier alpha value is -5.11. The van der Waals surface area contributed by atoms with Crippen LogP contribution < -0.4 is 18.9 Å². The second-order valence-electron chi connectivity index (χ2n) is 10.0. The summed E-state index contributed by atoms with van der Waals surface area (Å²) in [4.78, 5) is 26.9. The average molecular weight is 565 g/mol. The molecule has 8 nitrogen and oxygen atoms in total. The van der Waals surface area contributed by atoms with E-state index in [0.29, 0.717) is 46.1 Å². The fraction of sp³-hybridized carbons (Fsp3) is 0.206. The summed E-state index contributed by atoms with van der Waals surface area (Å²) < 4.78 is 22.3. The second kappa shape index (κ2) is 12.2. The summed E-state index contributed by atoms with van der Waals surface area (Å²) in [6.45, 7) is 3.92. The minimum atomic E-state index is -0.507. The summed E-state index contributed by atoms with van der Waals surface area (Å²) in [7, 11) is 4.69. The van der Waals surface area contributed by atoms with Gasteiger partial charge in [0, 0.05) is 23.6 Å². The minimum Gasteiger partial charge on any atom is -0.497 e. The number of hydrazone groups is 1. The first-order valence-corrected chi connectivity index (χ1v) is 13.5. The van der Waals surface area contributed by atoms with Crippen molar-refractivity contribution in [1.82, 2.24) is 5.01 Å². The van der Waals surface area contributed by atoms with Gasteiger partial charge in [-0.15, -0.1) is 0 Å². The van der Waals surface area contributed by atoms with Gasteiger partial charge in [-0.05, 0) is 67.9 Å². The lowest BCUT2D eigenvalue weighted by molar-refractivity contribution is 0.0707. The minimum absolute atomic E-state index is 0.253. The highest BCUT2D eigenvalue weighted by atomic mass is 16.5. The van der Waals surface area contributed by atoms with Crippen molar-refractivity contribution in [2.45, 2.75) is 26.3 Å². The standard InChI is InChI=1S/C34H32N2O6/c1-21-6-10-23(11-7-21)33(37)36-29(25-14-17-30(40-4)32(18-25)41-5)20-28(35-36)27-16-15-26(39-3)19-31(27)42-34(38)24-12-8-22(2)9-13-24/h6-19,29H,20H2,1-5H3. The van der Waals surface area contributed by atoms with Gasteiger partial charge in [0.2, 0.25) is 0 Å². The Morgan fingerprint density at radius 3 is 1.98 bits per heavy atom. The Bertz CT molecular complexity index is 1640. The molecule has 0 aromatic heterocycles. The number of hydrogen-bond acceptors (Lipinski definition) is 7. The quantitative estimate of drug-likeness (QED) is 0.178. The Morgan fingerprint density at radius 1 is 0.714 bits per heavy atom. The van der Waals surface area contributed by atoms with Crippen LogP contribution in [0.4, 0.5) is 0 Å². The highest BCUT2D eigenvalue weighted by Crippen LogP contribution is 2.40. The van der Waals surface area contributed by atoms with Gasteiger partial charge < -0.3 is 18.9 Å². The zero-order chi connectivity index (χ0) is 29.8. The van der Waals surface area contributed by atoms with Crippen LogP contribution >= 0.6 is 0 Å².